The molecule has 0 atom stereocenters. The number of carbonyl (C=O) groups excluding carboxylic acids is 1. The van der Waals surface area contributed by atoms with Gasteiger partial charge in [0.1, 0.15) is 11.6 Å². The Labute approximate surface area is 180 Å². The highest BCUT2D eigenvalue weighted by Gasteiger charge is 2.15. The number of para-hydroxylation sites is 1. The first-order valence-electron chi connectivity index (χ1n) is 9.39. The van der Waals surface area contributed by atoms with Gasteiger partial charge in [-0.15, -0.1) is 0 Å². The molecule has 0 aliphatic heterocycles. The maximum Gasteiger partial charge on any atom is 0.266 e. The van der Waals surface area contributed by atoms with Crippen molar-refractivity contribution in [2.24, 2.45) is 0 Å². The molecule has 0 spiro atoms. The van der Waals surface area contributed by atoms with Gasteiger partial charge in [0.05, 0.1) is 28.0 Å². The molecular weight excluding hydrogens is 420 g/mol. The molecule has 1 amide bonds. The van der Waals surface area contributed by atoms with Gasteiger partial charge in [-0.3, -0.25) is 14.2 Å². The van der Waals surface area contributed by atoms with Gasteiger partial charge in [-0.2, -0.15) is 0 Å². The van der Waals surface area contributed by atoms with Gasteiger partial charge >= 0.3 is 0 Å². The summed E-state index contributed by atoms with van der Waals surface area (Å²) in [7, 11) is 0. The maximum absolute atomic E-state index is 14.0. The summed E-state index contributed by atoms with van der Waals surface area (Å²) in [6.07, 6.45) is 0. The summed E-state index contributed by atoms with van der Waals surface area (Å²) in [4.78, 5) is 30.0. The zero-order chi connectivity index (χ0) is 22.0. The Morgan fingerprint density at radius 2 is 1.81 bits per heavy atom. The molecule has 0 fully saturated rings. The summed E-state index contributed by atoms with van der Waals surface area (Å²) in [5.41, 5.74) is 1.41. The van der Waals surface area contributed by atoms with Gasteiger partial charge < -0.3 is 5.32 Å². The van der Waals surface area contributed by atoms with E-state index in [9.17, 15) is 18.4 Å². The largest absolute Gasteiger partial charge is 0.323 e. The van der Waals surface area contributed by atoms with Crippen LogP contribution in [0.4, 0.5) is 14.5 Å². The number of rotatable bonds is 5. The highest BCUT2D eigenvalue weighted by Crippen LogP contribution is 2.22. The van der Waals surface area contributed by atoms with Crippen LogP contribution < -0.4 is 10.9 Å². The predicted octanol–water partition coefficient (Wildman–Crippen LogP) is 4.70. The number of nitrogens with one attached hydrogen (secondary N) is 1. The number of thioether (sulfide) groups is 1. The van der Waals surface area contributed by atoms with Crippen molar-refractivity contribution in [3.63, 3.8) is 0 Å². The lowest BCUT2D eigenvalue weighted by atomic mass is 10.2. The summed E-state index contributed by atoms with van der Waals surface area (Å²) >= 11 is 1.04. The number of benzene rings is 3. The van der Waals surface area contributed by atoms with Crippen molar-refractivity contribution in [1.82, 2.24) is 9.55 Å². The van der Waals surface area contributed by atoms with E-state index in [2.05, 4.69) is 10.3 Å². The topological polar surface area (TPSA) is 64.0 Å². The summed E-state index contributed by atoms with van der Waals surface area (Å²) < 4.78 is 28.7. The van der Waals surface area contributed by atoms with Crippen LogP contribution in [-0.4, -0.2) is 21.2 Å². The molecule has 8 heteroatoms. The molecule has 0 aliphatic carbocycles. The second-order valence-electron chi connectivity index (χ2n) is 6.85. The van der Waals surface area contributed by atoms with E-state index in [1.54, 1.807) is 37.3 Å². The molecule has 0 unspecified atom stereocenters. The van der Waals surface area contributed by atoms with E-state index < -0.39 is 17.5 Å². The number of carbonyl (C=O) groups is 1. The third kappa shape index (κ3) is 4.49. The molecule has 0 saturated heterocycles. The molecule has 0 aliphatic rings. The number of aryl methyl sites for hydroxylation is 1. The molecule has 4 aromatic rings. The second-order valence-corrected chi connectivity index (χ2v) is 7.79. The van der Waals surface area contributed by atoms with Crippen molar-refractivity contribution in [2.45, 2.75) is 12.1 Å². The SMILES string of the molecule is Cc1ccc(NC(=O)CSc2nc3ccccc3c(=O)n2-c2ccc(F)cc2)c(F)c1. The first-order valence-corrected chi connectivity index (χ1v) is 10.4. The van der Waals surface area contributed by atoms with Crippen molar-refractivity contribution in [1.29, 1.82) is 0 Å². The van der Waals surface area contributed by atoms with Crippen molar-refractivity contribution in [2.75, 3.05) is 11.1 Å². The molecule has 4 rings (SSSR count). The van der Waals surface area contributed by atoms with Crippen LogP contribution in [0.3, 0.4) is 0 Å². The van der Waals surface area contributed by atoms with Gasteiger partial charge in [0.25, 0.3) is 5.56 Å². The molecule has 0 radical (unpaired) electrons. The Hall–Kier alpha value is -3.52. The monoisotopic (exact) mass is 437 g/mol. The van der Waals surface area contributed by atoms with Crippen LogP contribution in [0.1, 0.15) is 5.56 Å². The van der Waals surface area contributed by atoms with E-state index in [0.29, 0.717) is 16.6 Å². The lowest BCUT2D eigenvalue weighted by Crippen LogP contribution is -2.23. The molecule has 1 heterocycles. The number of halogens is 2. The van der Waals surface area contributed by atoms with Gasteiger partial charge in [-0.1, -0.05) is 30.0 Å². The molecule has 31 heavy (non-hydrogen) atoms. The van der Waals surface area contributed by atoms with Gasteiger partial charge in [0, 0.05) is 0 Å². The molecule has 3 aromatic carbocycles. The number of nitrogens with zero attached hydrogens (tertiary/aromatic N) is 2. The van der Waals surface area contributed by atoms with E-state index >= 15 is 0 Å². The van der Waals surface area contributed by atoms with Gasteiger partial charge in [-0.25, -0.2) is 13.8 Å². The van der Waals surface area contributed by atoms with E-state index in [-0.39, 0.29) is 22.2 Å². The van der Waals surface area contributed by atoms with Crippen LogP contribution in [0.2, 0.25) is 0 Å². The minimum Gasteiger partial charge on any atom is -0.323 e. The fourth-order valence-electron chi connectivity index (χ4n) is 3.06. The number of aromatic nitrogens is 2. The molecule has 5 nitrogen and oxygen atoms in total. The zero-order valence-electron chi connectivity index (χ0n) is 16.4. The Bertz CT molecular complexity index is 1340. The molecule has 1 aromatic heterocycles. The minimum absolute atomic E-state index is 0.0820. The first kappa shape index (κ1) is 20.7. The average Bonchev–Trinajstić information content (AvgIpc) is 2.75. The fraction of sp³-hybridized carbons (Fsp3) is 0.0870. The zero-order valence-corrected chi connectivity index (χ0v) is 17.2. The highest BCUT2D eigenvalue weighted by molar-refractivity contribution is 7.99. The highest BCUT2D eigenvalue weighted by atomic mass is 32.2. The number of amides is 1. The van der Waals surface area contributed by atoms with Crippen LogP contribution in [-0.2, 0) is 4.79 Å². The van der Waals surface area contributed by atoms with Crippen molar-refractivity contribution in [3.8, 4) is 5.69 Å². The predicted molar refractivity (Wildman–Crippen MR) is 118 cm³/mol. The van der Waals surface area contributed by atoms with E-state index in [1.165, 1.54) is 41.0 Å². The molecule has 0 bridgehead atoms. The van der Waals surface area contributed by atoms with Gasteiger partial charge in [0.15, 0.2) is 5.16 Å². The Kier molecular flexibility index (Phi) is 5.81. The normalized spacial score (nSPS) is 10.9. The Morgan fingerprint density at radius 1 is 1.06 bits per heavy atom. The standard InChI is InChI=1S/C23H17F2N3O2S/c1-14-6-11-20(18(25)12-14)26-21(29)13-31-23-27-19-5-3-2-4-17(19)22(30)28(23)16-9-7-15(24)8-10-16/h2-12H,13H2,1H3,(H,26,29). The Morgan fingerprint density at radius 3 is 2.55 bits per heavy atom. The van der Waals surface area contributed by atoms with Crippen molar-refractivity contribution < 1.29 is 13.6 Å². The lowest BCUT2D eigenvalue weighted by Gasteiger charge is -2.13. The van der Waals surface area contributed by atoms with Crippen LogP contribution >= 0.6 is 11.8 Å². The number of anilines is 1. The van der Waals surface area contributed by atoms with Crippen LogP contribution in [0, 0.1) is 18.6 Å². The third-order valence-corrected chi connectivity index (χ3v) is 5.50. The number of hydrogen-bond donors (Lipinski definition) is 1. The Balaban J connectivity index is 1.66. The minimum atomic E-state index is -0.523. The van der Waals surface area contributed by atoms with Crippen LogP contribution in [0.25, 0.3) is 16.6 Å². The average molecular weight is 437 g/mol. The smallest absolute Gasteiger partial charge is 0.266 e. The molecule has 156 valence electrons. The van der Waals surface area contributed by atoms with Crippen molar-refractivity contribution >= 4 is 34.3 Å². The van der Waals surface area contributed by atoms with E-state index in [0.717, 1.165) is 17.3 Å². The summed E-state index contributed by atoms with van der Waals surface area (Å²) in [5, 5.41) is 3.20. The quantitative estimate of drug-likeness (QED) is 0.363. The molecule has 0 saturated carbocycles. The van der Waals surface area contributed by atoms with Crippen LogP contribution in [0.5, 0.6) is 0 Å². The number of hydrogen-bond acceptors (Lipinski definition) is 4. The molecular formula is C23H17F2N3O2S. The van der Waals surface area contributed by atoms with Crippen molar-refractivity contribution in [3.05, 3.63) is 94.3 Å². The first-order chi connectivity index (χ1) is 14.9. The van der Waals surface area contributed by atoms with E-state index in [4.69, 9.17) is 0 Å². The number of fused-ring (bicyclic) bond motifs is 1. The molecule has 1 N–H and O–H groups in total. The van der Waals surface area contributed by atoms with Gasteiger partial charge in [-0.05, 0) is 61.0 Å². The maximum atomic E-state index is 14.0. The third-order valence-electron chi connectivity index (χ3n) is 4.56. The summed E-state index contributed by atoms with van der Waals surface area (Å²) in [5.74, 6) is -1.50. The summed E-state index contributed by atoms with van der Waals surface area (Å²) in [6, 6.07) is 16.8. The summed E-state index contributed by atoms with van der Waals surface area (Å²) in [6.45, 7) is 1.75. The second kappa shape index (κ2) is 8.69. The fourth-order valence-corrected chi connectivity index (χ4v) is 3.88. The van der Waals surface area contributed by atoms with Gasteiger partial charge in [0.2, 0.25) is 5.91 Å². The van der Waals surface area contributed by atoms with E-state index in [1.807, 2.05) is 0 Å². The lowest BCUT2D eigenvalue weighted by molar-refractivity contribution is -0.113. The van der Waals surface area contributed by atoms with Crippen LogP contribution in [0.15, 0.2) is 76.7 Å².